The molecule has 2 aromatic carbocycles. The number of para-hydroxylation sites is 1. The number of carbonyl (C=O) groups excluding carboxylic acids is 1. The number of methoxy groups -OCH3 is 3. The number of nitrogens with zero attached hydrogens (tertiary/aromatic N) is 1. The first-order chi connectivity index (χ1) is 14.4. The average molecular weight is 407 g/mol. The summed E-state index contributed by atoms with van der Waals surface area (Å²) >= 11 is 0. The summed E-state index contributed by atoms with van der Waals surface area (Å²) in [5.74, 6) is 1.14. The summed E-state index contributed by atoms with van der Waals surface area (Å²) in [6, 6.07) is 13.3. The first-order valence-electron chi connectivity index (χ1n) is 9.67. The van der Waals surface area contributed by atoms with Gasteiger partial charge in [-0.05, 0) is 18.6 Å². The Hall–Kier alpha value is -3.32. The maximum Gasteiger partial charge on any atom is 0.196 e. The van der Waals surface area contributed by atoms with Gasteiger partial charge in [-0.1, -0.05) is 18.2 Å². The predicted octanol–water partition coefficient (Wildman–Crippen LogP) is 3.40. The molecule has 2 aromatic rings. The number of fused-ring (bicyclic) bond motifs is 1. The molecule has 156 valence electrons. The van der Waals surface area contributed by atoms with Gasteiger partial charge in [-0.15, -0.1) is 0 Å². The van der Waals surface area contributed by atoms with Crippen molar-refractivity contribution < 1.29 is 19.0 Å². The molecule has 0 aromatic heterocycles. The van der Waals surface area contributed by atoms with Gasteiger partial charge in [0.05, 0.1) is 32.1 Å². The van der Waals surface area contributed by atoms with Crippen molar-refractivity contribution in [2.75, 3.05) is 38.2 Å². The summed E-state index contributed by atoms with van der Waals surface area (Å²) in [5, 5.41) is 12.3. The van der Waals surface area contributed by atoms with Crippen LogP contribution in [0.1, 0.15) is 12.5 Å². The Bertz CT molecular complexity index is 1010. The number of hydrogen-bond acceptors (Lipinski definition) is 6. The van der Waals surface area contributed by atoms with Crippen molar-refractivity contribution in [3.05, 3.63) is 59.3 Å². The topological polar surface area (TPSA) is 83.9 Å². The molecule has 2 N–H and O–H groups in total. The SMILES string of the molecule is COCC1(C)C(=O)C(=C2Cc3ccccc3N2)C(=N)N1c1cc(OC)cc(OC)c1. The highest BCUT2D eigenvalue weighted by Gasteiger charge is 2.53. The zero-order chi connectivity index (χ0) is 21.5. The van der Waals surface area contributed by atoms with Gasteiger partial charge in [-0.3, -0.25) is 10.2 Å². The molecule has 2 heterocycles. The van der Waals surface area contributed by atoms with Crippen molar-refractivity contribution in [3.8, 4) is 11.5 Å². The summed E-state index contributed by atoms with van der Waals surface area (Å²) < 4.78 is 16.2. The van der Waals surface area contributed by atoms with Crippen molar-refractivity contribution in [1.29, 1.82) is 5.41 Å². The number of anilines is 2. The molecule has 2 aliphatic rings. The van der Waals surface area contributed by atoms with Crippen LogP contribution in [0.4, 0.5) is 11.4 Å². The quantitative estimate of drug-likeness (QED) is 0.739. The first kappa shape index (κ1) is 20.0. The van der Waals surface area contributed by atoms with Crippen LogP contribution in [0.3, 0.4) is 0 Å². The highest BCUT2D eigenvalue weighted by molar-refractivity contribution is 6.37. The Morgan fingerprint density at radius 1 is 1.10 bits per heavy atom. The molecule has 0 bridgehead atoms. The molecule has 0 radical (unpaired) electrons. The number of carbonyl (C=O) groups is 1. The molecule has 1 fully saturated rings. The van der Waals surface area contributed by atoms with Crippen LogP contribution in [0.5, 0.6) is 11.5 Å². The normalized spacial score (nSPS) is 22.9. The van der Waals surface area contributed by atoms with Crippen LogP contribution >= 0.6 is 0 Å². The fourth-order valence-electron chi connectivity index (χ4n) is 4.21. The van der Waals surface area contributed by atoms with E-state index >= 15 is 0 Å². The van der Waals surface area contributed by atoms with Crippen LogP contribution in [-0.4, -0.2) is 45.1 Å². The molecule has 4 rings (SSSR count). The van der Waals surface area contributed by atoms with Gasteiger partial charge < -0.3 is 24.4 Å². The van der Waals surface area contributed by atoms with Gasteiger partial charge in [-0.25, -0.2) is 0 Å². The van der Waals surface area contributed by atoms with Gasteiger partial charge in [0.2, 0.25) is 0 Å². The summed E-state index contributed by atoms with van der Waals surface area (Å²) in [5.41, 5.74) is 2.77. The molecule has 1 unspecified atom stereocenters. The lowest BCUT2D eigenvalue weighted by atomic mass is 9.94. The maximum atomic E-state index is 13.6. The molecular formula is C23H25N3O4. The van der Waals surface area contributed by atoms with E-state index < -0.39 is 5.54 Å². The van der Waals surface area contributed by atoms with Crippen molar-refractivity contribution >= 4 is 23.0 Å². The number of amidine groups is 1. The van der Waals surface area contributed by atoms with Crippen molar-refractivity contribution in [2.45, 2.75) is 18.9 Å². The molecule has 2 aliphatic heterocycles. The molecule has 0 aliphatic carbocycles. The Balaban J connectivity index is 1.85. The molecule has 1 atom stereocenters. The molecule has 30 heavy (non-hydrogen) atoms. The Labute approximate surface area is 175 Å². The third-order valence-electron chi connectivity index (χ3n) is 5.66. The minimum atomic E-state index is -1.07. The van der Waals surface area contributed by atoms with E-state index in [-0.39, 0.29) is 18.2 Å². The van der Waals surface area contributed by atoms with E-state index in [1.54, 1.807) is 51.4 Å². The van der Waals surface area contributed by atoms with Crippen LogP contribution in [0.25, 0.3) is 0 Å². The van der Waals surface area contributed by atoms with E-state index in [0.717, 1.165) is 16.9 Å². The summed E-state index contributed by atoms with van der Waals surface area (Å²) in [4.78, 5) is 15.3. The lowest BCUT2D eigenvalue weighted by molar-refractivity contribution is -0.120. The largest absolute Gasteiger partial charge is 0.497 e. The summed E-state index contributed by atoms with van der Waals surface area (Å²) in [6.45, 7) is 1.94. The third kappa shape index (κ3) is 3.02. The highest BCUT2D eigenvalue weighted by atomic mass is 16.5. The molecule has 0 saturated carbocycles. The van der Waals surface area contributed by atoms with E-state index in [1.165, 1.54) is 0 Å². The minimum absolute atomic E-state index is 0.130. The van der Waals surface area contributed by atoms with Crippen molar-refractivity contribution in [3.63, 3.8) is 0 Å². The number of Topliss-reactive ketones (excluding diaryl/α,β-unsaturated/α-hetero) is 1. The van der Waals surface area contributed by atoms with Gasteiger partial charge in [-0.2, -0.15) is 0 Å². The lowest BCUT2D eigenvalue weighted by Crippen LogP contribution is -2.50. The number of ketones is 1. The van der Waals surface area contributed by atoms with Crippen LogP contribution in [-0.2, 0) is 16.0 Å². The van der Waals surface area contributed by atoms with Crippen LogP contribution < -0.4 is 19.7 Å². The second-order valence-corrected chi connectivity index (χ2v) is 7.60. The molecular weight excluding hydrogens is 382 g/mol. The fraction of sp³-hybridized carbons (Fsp3) is 0.304. The molecule has 0 spiro atoms. The monoisotopic (exact) mass is 407 g/mol. The first-order valence-corrected chi connectivity index (χ1v) is 9.67. The summed E-state index contributed by atoms with van der Waals surface area (Å²) in [6.07, 6.45) is 0.581. The Morgan fingerprint density at radius 2 is 1.77 bits per heavy atom. The lowest BCUT2D eigenvalue weighted by Gasteiger charge is -2.34. The highest BCUT2D eigenvalue weighted by Crippen LogP contribution is 2.41. The van der Waals surface area contributed by atoms with E-state index in [4.69, 9.17) is 19.6 Å². The van der Waals surface area contributed by atoms with E-state index in [1.807, 2.05) is 24.3 Å². The number of benzene rings is 2. The minimum Gasteiger partial charge on any atom is -0.497 e. The predicted molar refractivity (Wildman–Crippen MR) is 116 cm³/mol. The number of ether oxygens (including phenoxy) is 3. The third-order valence-corrected chi connectivity index (χ3v) is 5.66. The van der Waals surface area contributed by atoms with Gasteiger partial charge >= 0.3 is 0 Å². The molecule has 7 nitrogen and oxygen atoms in total. The maximum absolute atomic E-state index is 13.6. The van der Waals surface area contributed by atoms with Gasteiger partial charge in [0.25, 0.3) is 0 Å². The smallest absolute Gasteiger partial charge is 0.196 e. The number of rotatable bonds is 5. The van der Waals surface area contributed by atoms with Gasteiger partial charge in [0.1, 0.15) is 22.9 Å². The molecule has 0 amide bonds. The van der Waals surface area contributed by atoms with E-state index in [2.05, 4.69) is 5.32 Å². The Morgan fingerprint density at radius 3 is 2.37 bits per heavy atom. The zero-order valence-electron chi connectivity index (χ0n) is 17.5. The standard InChI is InChI=1S/C23H25N3O4/c1-23(13-28-2)21(27)20(19-9-14-7-5-6-8-18(14)25-19)22(24)26(23)15-10-16(29-3)12-17(11-15)30-4/h5-8,10-12,24-25H,9,13H2,1-4H3. The number of hydrogen-bond donors (Lipinski definition) is 2. The number of nitrogens with one attached hydrogen (secondary N) is 2. The second-order valence-electron chi connectivity index (χ2n) is 7.60. The second kappa shape index (κ2) is 7.50. The summed E-state index contributed by atoms with van der Waals surface area (Å²) in [7, 11) is 4.70. The van der Waals surface area contributed by atoms with Crippen molar-refractivity contribution in [1.82, 2.24) is 0 Å². The van der Waals surface area contributed by atoms with Crippen LogP contribution in [0.15, 0.2) is 53.7 Å². The van der Waals surface area contributed by atoms with Gasteiger partial charge in [0.15, 0.2) is 5.78 Å². The van der Waals surface area contributed by atoms with E-state index in [9.17, 15) is 4.79 Å². The van der Waals surface area contributed by atoms with E-state index in [0.29, 0.717) is 29.2 Å². The fourth-order valence-corrected chi connectivity index (χ4v) is 4.21. The molecule has 1 saturated heterocycles. The number of allylic oxidation sites excluding steroid dienone is 1. The van der Waals surface area contributed by atoms with Crippen LogP contribution in [0.2, 0.25) is 0 Å². The van der Waals surface area contributed by atoms with Gasteiger partial charge in [0, 0.05) is 43.1 Å². The average Bonchev–Trinajstić information content (AvgIpc) is 3.24. The molecule has 7 heteroatoms. The Kier molecular flexibility index (Phi) is 4.99. The van der Waals surface area contributed by atoms with Crippen molar-refractivity contribution in [2.24, 2.45) is 0 Å². The van der Waals surface area contributed by atoms with Crippen LogP contribution in [0, 0.1) is 5.41 Å². The zero-order valence-corrected chi connectivity index (χ0v) is 17.5.